The number of halogens is 1. The molecule has 2 rings (SSSR count). The van der Waals surface area contributed by atoms with E-state index in [0.717, 1.165) is 18.5 Å². The zero-order valence-electron chi connectivity index (χ0n) is 15.0. The van der Waals surface area contributed by atoms with Crippen LogP contribution in [0.4, 0.5) is 5.69 Å². The van der Waals surface area contributed by atoms with Crippen LogP contribution in [0.15, 0.2) is 42.5 Å². The van der Waals surface area contributed by atoms with E-state index in [1.54, 1.807) is 6.07 Å². The van der Waals surface area contributed by atoms with E-state index < -0.39 is 4.92 Å². The van der Waals surface area contributed by atoms with Crippen molar-refractivity contribution in [2.24, 2.45) is 0 Å². The molecular formula is C19H23ClN2O4. The van der Waals surface area contributed by atoms with Gasteiger partial charge in [-0.05, 0) is 25.6 Å². The molecule has 0 fully saturated rings. The largest absolute Gasteiger partial charge is 0.488 e. The van der Waals surface area contributed by atoms with Crippen molar-refractivity contribution in [2.75, 3.05) is 26.7 Å². The van der Waals surface area contributed by atoms with E-state index in [1.165, 1.54) is 6.07 Å². The van der Waals surface area contributed by atoms with Crippen molar-refractivity contribution in [3.05, 3.63) is 63.2 Å². The van der Waals surface area contributed by atoms with Crippen molar-refractivity contribution < 1.29 is 14.4 Å². The number of hydrogen-bond donors (Lipinski definition) is 0. The van der Waals surface area contributed by atoms with Crippen molar-refractivity contribution >= 4 is 17.3 Å². The van der Waals surface area contributed by atoms with E-state index in [0.29, 0.717) is 13.2 Å². The van der Waals surface area contributed by atoms with Crippen molar-refractivity contribution in [3.8, 4) is 11.5 Å². The van der Waals surface area contributed by atoms with Gasteiger partial charge in [-0.3, -0.25) is 10.1 Å². The fourth-order valence-electron chi connectivity index (χ4n) is 2.48. The zero-order chi connectivity index (χ0) is 18.9. The minimum Gasteiger partial charge on any atom is -0.488 e. The molecule has 140 valence electrons. The van der Waals surface area contributed by atoms with Crippen LogP contribution in [0.3, 0.4) is 0 Å². The van der Waals surface area contributed by atoms with Crippen LogP contribution in [-0.4, -0.2) is 36.6 Å². The van der Waals surface area contributed by atoms with Gasteiger partial charge in [0.25, 0.3) is 0 Å². The predicted molar refractivity (Wildman–Crippen MR) is 102 cm³/mol. The van der Waals surface area contributed by atoms with E-state index >= 15 is 0 Å². The molecule has 0 aliphatic rings. The average molecular weight is 379 g/mol. The highest BCUT2D eigenvalue weighted by Crippen LogP contribution is 2.40. The summed E-state index contributed by atoms with van der Waals surface area (Å²) < 4.78 is 11.5. The van der Waals surface area contributed by atoms with Gasteiger partial charge in [0.2, 0.25) is 5.75 Å². The molecule has 26 heavy (non-hydrogen) atoms. The zero-order valence-corrected chi connectivity index (χ0v) is 15.7. The number of rotatable bonds is 10. The maximum Gasteiger partial charge on any atom is 0.316 e. The molecule has 6 nitrogen and oxygen atoms in total. The second-order valence-corrected chi connectivity index (χ2v) is 6.37. The number of likely N-dealkylation sites (N-methyl/N-ethyl adjacent to an activating group) is 1. The van der Waals surface area contributed by atoms with Crippen LogP contribution >= 0.6 is 11.6 Å². The highest BCUT2D eigenvalue weighted by atomic mass is 35.5. The third kappa shape index (κ3) is 5.89. The Kier molecular flexibility index (Phi) is 7.69. The molecular weight excluding hydrogens is 356 g/mol. The molecule has 0 bridgehead atoms. The van der Waals surface area contributed by atoms with Crippen molar-refractivity contribution in [2.45, 2.75) is 20.0 Å². The molecule has 0 heterocycles. The summed E-state index contributed by atoms with van der Waals surface area (Å²) in [7, 11) is 2.00. The Labute approximate surface area is 158 Å². The van der Waals surface area contributed by atoms with Crippen LogP contribution in [0, 0.1) is 10.1 Å². The lowest BCUT2D eigenvalue weighted by Crippen LogP contribution is -2.25. The molecule has 0 N–H and O–H groups in total. The molecule has 0 aromatic heterocycles. The quantitative estimate of drug-likeness (QED) is 0.448. The Balaban J connectivity index is 2.17. The molecule has 7 heteroatoms. The van der Waals surface area contributed by atoms with Crippen LogP contribution < -0.4 is 9.47 Å². The fraction of sp³-hybridized carbons (Fsp3) is 0.368. The van der Waals surface area contributed by atoms with Crippen molar-refractivity contribution in [1.82, 2.24) is 4.90 Å². The van der Waals surface area contributed by atoms with Crippen LogP contribution in [-0.2, 0) is 6.61 Å². The molecule has 0 aliphatic heterocycles. The lowest BCUT2D eigenvalue weighted by Gasteiger charge is -2.17. The summed E-state index contributed by atoms with van der Waals surface area (Å²) in [4.78, 5) is 13.0. The van der Waals surface area contributed by atoms with Crippen molar-refractivity contribution in [1.29, 1.82) is 0 Å². The highest BCUT2D eigenvalue weighted by Gasteiger charge is 2.22. The van der Waals surface area contributed by atoms with Gasteiger partial charge in [-0.15, -0.1) is 0 Å². The Morgan fingerprint density at radius 2 is 1.88 bits per heavy atom. The van der Waals surface area contributed by atoms with Gasteiger partial charge in [-0.2, -0.15) is 0 Å². The Morgan fingerprint density at radius 1 is 1.15 bits per heavy atom. The second-order valence-electron chi connectivity index (χ2n) is 5.94. The number of ether oxygens (including phenoxy) is 2. The van der Waals surface area contributed by atoms with E-state index in [4.69, 9.17) is 21.1 Å². The number of hydrogen-bond acceptors (Lipinski definition) is 5. The molecule has 0 amide bonds. The minimum atomic E-state index is -0.512. The smallest absolute Gasteiger partial charge is 0.316 e. The van der Waals surface area contributed by atoms with Gasteiger partial charge in [0.1, 0.15) is 13.2 Å². The Hall–Kier alpha value is -2.31. The molecule has 0 atom stereocenters. The van der Waals surface area contributed by atoms with E-state index in [2.05, 4.69) is 11.8 Å². The van der Waals surface area contributed by atoms with Crippen LogP contribution in [0.2, 0.25) is 5.02 Å². The number of nitrogens with zero attached hydrogens (tertiary/aromatic N) is 2. The lowest BCUT2D eigenvalue weighted by molar-refractivity contribution is -0.386. The lowest BCUT2D eigenvalue weighted by atomic mass is 10.2. The van der Waals surface area contributed by atoms with Crippen LogP contribution in [0.25, 0.3) is 0 Å². The second kappa shape index (κ2) is 9.99. The highest BCUT2D eigenvalue weighted by molar-refractivity contribution is 6.31. The first kappa shape index (κ1) is 20.0. The molecule has 0 aliphatic carbocycles. The van der Waals surface area contributed by atoms with Gasteiger partial charge in [0.05, 0.1) is 9.95 Å². The summed E-state index contributed by atoms with van der Waals surface area (Å²) in [6, 6.07) is 12.3. The Bertz CT molecular complexity index is 725. The summed E-state index contributed by atoms with van der Waals surface area (Å²) in [5, 5.41) is 11.6. The predicted octanol–water partition coefficient (Wildman–Crippen LogP) is 4.55. The monoisotopic (exact) mass is 378 g/mol. The normalized spacial score (nSPS) is 10.8. The van der Waals surface area contributed by atoms with Crippen LogP contribution in [0.1, 0.15) is 18.9 Å². The standard InChI is InChI=1S/C19H23ClN2O4/c1-3-9-21(2)10-11-25-18-13-16(20)12-17(22(23)24)19(18)26-14-15-7-5-4-6-8-15/h4-8,12-13H,3,9-11,14H2,1-2H3. The Morgan fingerprint density at radius 3 is 2.54 bits per heavy atom. The van der Waals surface area contributed by atoms with E-state index in [1.807, 2.05) is 37.4 Å². The molecule has 2 aromatic rings. The summed E-state index contributed by atoms with van der Waals surface area (Å²) >= 11 is 6.02. The van der Waals surface area contributed by atoms with Gasteiger partial charge in [0.15, 0.2) is 5.75 Å². The molecule has 2 aromatic carbocycles. The maximum atomic E-state index is 11.4. The summed E-state index contributed by atoms with van der Waals surface area (Å²) in [6.07, 6.45) is 1.05. The summed E-state index contributed by atoms with van der Waals surface area (Å²) in [5.41, 5.74) is 0.704. The summed E-state index contributed by atoms with van der Waals surface area (Å²) in [6.45, 7) is 4.35. The van der Waals surface area contributed by atoms with Gasteiger partial charge < -0.3 is 14.4 Å². The van der Waals surface area contributed by atoms with Gasteiger partial charge >= 0.3 is 5.69 Å². The fourth-order valence-corrected chi connectivity index (χ4v) is 2.68. The van der Waals surface area contributed by atoms with E-state index in [9.17, 15) is 10.1 Å². The van der Waals surface area contributed by atoms with Crippen LogP contribution in [0.5, 0.6) is 11.5 Å². The SMILES string of the molecule is CCCN(C)CCOc1cc(Cl)cc([N+](=O)[O-])c1OCc1ccccc1. The maximum absolute atomic E-state index is 11.4. The van der Waals surface area contributed by atoms with Gasteiger partial charge in [-0.1, -0.05) is 48.9 Å². The first-order valence-corrected chi connectivity index (χ1v) is 8.85. The van der Waals surface area contributed by atoms with Crippen molar-refractivity contribution in [3.63, 3.8) is 0 Å². The average Bonchev–Trinajstić information content (AvgIpc) is 2.61. The first-order chi connectivity index (χ1) is 12.5. The molecule has 0 saturated carbocycles. The number of nitro benzene ring substituents is 1. The molecule has 0 radical (unpaired) electrons. The molecule has 0 spiro atoms. The minimum absolute atomic E-state index is 0.0985. The number of nitro groups is 1. The third-order valence-electron chi connectivity index (χ3n) is 3.76. The first-order valence-electron chi connectivity index (χ1n) is 8.47. The number of benzene rings is 2. The van der Waals surface area contributed by atoms with Gasteiger partial charge in [0, 0.05) is 18.7 Å². The molecule has 0 saturated heterocycles. The topological polar surface area (TPSA) is 64.8 Å². The van der Waals surface area contributed by atoms with Gasteiger partial charge in [-0.25, -0.2) is 0 Å². The summed E-state index contributed by atoms with van der Waals surface area (Å²) in [5.74, 6) is 0.381. The van der Waals surface area contributed by atoms with E-state index in [-0.39, 0.29) is 28.8 Å². The third-order valence-corrected chi connectivity index (χ3v) is 3.98. The molecule has 0 unspecified atom stereocenters.